The van der Waals surface area contributed by atoms with Crippen LogP contribution >= 0.6 is 0 Å². The minimum Gasteiger partial charge on any atom is -0.490 e. The van der Waals surface area contributed by atoms with E-state index in [0.29, 0.717) is 12.4 Å². The number of H-pyrrole nitrogens is 1. The molecule has 5 heteroatoms. The van der Waals surface area contributed by atoms with Crippen molar-refractivity contribution in [3.63, 3.8) is 0 Å². The fraction of sp³-hybridized carbons (Fsp3) is 0.333. The Balaban J connectivity index is 1.54. The number of aromatic nitrogens is 1. The first-order valence-corrected chi connectivity index (χ1v) is 9.07. The van der Waals surface area contributed by atoms with E-state index in [0.717, 1.165) is 30.8 Å². The smallest absolute Gasteiger partial charge is 0.161 e. The lowest BCUT2D eigenvalue weighted by molar-refractivity contribution is 0.194. The Morgan fingerprint density at radius 2 is 1.96 bits per heavy atom. The third-order valence-electron chi connectivity index (χ3n) is 4.23. The summed E-state index contributed by atoms with van der Waals surface area (Å²) in [7, 11) is 0. The lowest BCUT2D eigenvalue weighted by atomic mass is 10.1. The molecule has 3 N–H and O–H groups in total. The van der Waals surface area contributed by atoms with Gasteiger partial charge in [-0.25, -0.2) is 0 Å². The van der Waals surface area contributed by atoms with Gasteiger partial charge in [-0.05, 0) is 49.2 Å². The highest BCUT2D eigenvalue weighted by Crippen LogP contribution is 2.28. The zero-order valence-electron chi connectivity index (χ0n) is 15.1. The molecule has 3 aromatic rings. The molecule has 0 saturated carbocycles. The molecule has 0 aliphatic rings. The summed E-state index contributed by atoms with van der Waals surface area (Å²) in [6, 6.07) is 14.3. The fourth-order valence-corrected chi connectivity index (χ4v) is 3.00. The van der Waals surface area contributed by atoms with Gasteiger partial charge in [-0.3, -0.25) is 0 Å². The van der Waals surface area contributed by atoms with Crippen LogP contribution in [-0.4, -0.2) is 36.5 Å². The number of aromatic amines is 1. The van der Waals surface area contributed by atoms with Crippen molar-refractivity contribution in [1.29, 1.82) is 0 Å². The van der Waals surface area contributed by atoms with Gasteiger partial charge in [0.05, 0.1) is 13.2 Å². The quantitative estimate of drug-likeness (QED) is 0.489. The number of aliphatic hydroxyl groups excluding tert-OH is 1. The number of fused-ring (bicyclic) bond motifs is 1. The Morgan fingerprint density at radius 1 is 1.08 bits per heavy atom. The maximum atomic E-state index is 8.91. The van der Waals surface area contributed by atoms with Crippen LogP contribution in [0.3, 0.4) is 0 Å². The van der Waals surface area contributed by atoms with Gasteiger partial charge >= 0.3 is 0 Å². The van der Waals surface area contributed by atoms with E-state index in [4.69, 9.17) is 14.6 Å². The van der Waals surface area contributed by atoms with Crippen molar-refractivity contribution in [1.82, 2.24) is 10.3 Å². The second-order valence-corrected chi connectivity index (χ2v) is 6.07. The normalized spacial score (nSPS) is 11.0. The third-order valence-corrected chi connectivity index (χ3v) is 4.23. The molecule has 0 amide bonds. The van der Waals surface area contributed by atoms with Crippen molar-refractivity contribution >= 4 is 10.9 Å². The lowest BCUT2D eigenvalue weighted by Gasteiger charge is -2.13. The number of aliphatic hydroxyl groups is 1. The van der Waals surface area contributed by atoms with Gasteiger partial charge in [0.15, 0.2) is 11.5 Å². The SMILES string of the molecule is CCOc1cc(CNCCc2c[nH]c3ccccc23)ccc1OCCO. The molecular weight excluding hydrogens is 328 g/mol. The van der Waals surface area contributed by atoms with Gasteiger partial charge in [-0.15, -0.1) is 0 Å². The molecule has 0 aliphatic heterocycles. The summed E-state index contributed by atoms with van der Waals surface area (Å²) in [5.74, 6) is 1.39. The first-order valence-electron chi connectivity index (χ1n) is 9.07. The largest absolute Gasteiger partial charge is 0.490 e. The van der Waals surface area contributed by atoms with Crippen LogP contribution < -0.4 is 14.8 Å². The molecule has 0 bridgehead atoms. The summed E-state index contributed by atoms with van der Waals surface area (Å²) in [5.41, 5.74) is 3.65. The number of rotatable bonds is 10. The number of benzene rings is 2. The van der Waals surface area contributed by atoms with E-state index in [1.165, 1.54) is 16.5 Å². The topological polar surface area (TPSA) is 66.5 Å². The number of ether oxygens (including phenoxy) is 2. The van der Waals surface area contributed by atoms with Gasteiger partial charge < -0.3 is 24.9 Å². The van der Waals surface area contributed by atoms with Crippen molar-refractivity contribution in [3.8, 4) is 11.5 Å². The second-order valence-electron chi connectivity index (χ2n) is 6.07. The van der Waals surface area contributed by atoms with Crippen LogP contribution in [0.5, 0.6) is 11.5 Å². The fourth-order valence-electron chi connectivity index (χ4n) is 3.00. The van der Waals surface area contributed by atoms with Crippen LogP contribution in [0.4, 0.5) is 0 Å². The van der Waals surface area contributed by atoms with Crippen LogP contribution in [-0.2, 0) is 13.0 Å². The molecule has 0 radical (unpaired) electrons. The summed E-state index contributed by atoms with van der Waals surface area (Å²) < 4.78 is 11.2. The van der Waals surface area contributed by atoms with Gasteiger partial charge in [-0.1, -0.05) is 24.3 Å². The molecule has 1 aromatic heterocycles. The summed E-state index contributed by atoms with van der Waals surface area (Å²) in [6.07, 6.45) is 3.06. The maximum absolute atomic E-state index is 8.91. The van der Waals surface area contributed by atoms with Crippen LogP contribution in [0.1, 0.15) is 18.1 Å². The van der Waals surface area contributed by atoms with Crippen LogP contribution in [0, 0.1) is 0 Å². The maximum Gasteiger partial charge on any atom is 0.161 e. The van der Waals surface area contributed by atoms with E-state index in [-0.39, 0.29) is 13.2 Å². The van der Waals surface area contributed by atoms with Gasteiger partial charge in [0.25, 0.3) is 0 Å². The van der Waals surface area contributed by atoms with Crippen molar-refractivity contribution in [2.45, 2.75) is 19.9 Å². The predicted octanol–water partition coefficient (Wildman–Crippen LogP) is 3.27. The van der Waals surface area contributed by atoms with E-state index in [2.05, 4.69) is 34.7 Å². The molecule has 0 spiro atoms. The molecule has 5 nitrogen and oxygen atoms in total. The molecule has 26 heavy (non-hydrogen) atoms. The molecule has 0 saturated heterocycles. The van der Waals surface area contributed by atoms with Crippen LogP contribution in [0.25, 0.3) is 10.9 Å². The molecular formula is C21H26N2O3. The van der Waals surface area contributed by atoms with Crippen molar-refractivity contribution in [3.05, 3.63) is 59.8 Å². The minimum absolute atomic E-state index is 0.0112. The monoisotopic (exact) mass is 354 g/mol. The Labute approximate surface area is 154 Å². The summed E-state index contributed by atoms with van der Waals surface area (Å²) in [6.45, 7) is 4.44. The van der Waals surface area contributed by atoms with Crippen molar-refractivity contribution in [2.75, 3.05) is 26.4 Å². The second kappa shape index (κ2) is 9.27. The average Bonchev–Trinajstić information content (AvgIpc) is 3.08. The van der Waals surface area contributed by atoms with Gasteiger partial charge in [0.1, 0.15) is 6.61 Å². The van der Waals surface area contributed by atoms with E-state index in [9.17, 15) is 0 Å². The first kappa shape index (κ1) is 18.3. The molecule has 138 valence electrons. The molecule has 1 heterocycles. The Kier molecular flexibility index (Phi) is 6.52. The van der Waals surface area contributed by atoms with Crippen molar-refractivity contribution in [2.24, 2.45) is 0 Å². The highest BCUT2D eigenvalue weighted by Gasteiger charge is 2.07. The third kappa shape index (κ3) is 4.56. The number of nitrogens with one attached hydrogen (secondary N) is 2. The average molecular weight is 354 g/mol. The number of para-hydroxylation sites is 1. The zero-order valence-corrected chi connectivity index (χ0v) is 15.1. The molecule has 0 aliphatic carbocycles. The van der Waals surface area contributed by atoms with Gasteiger partial charge in [0, 0.05) is 23.6 Å². The summed E-state index contributed by atoms with van der Waals surface area (Å²) in [4.78, 5) is 3.32. The number of hydrogen-bond donors (Lipinski definition) is 3. The Hall–Kier alpha value is -2.50. The number of hydrogen-bond acceptors (Lipinski definition) is 4. The highest BCUT2D eigenvalue weighted by atomic mass is 16.5. The summed E-state index contributed by atoms with van der Waals surface area (Å²) in [5, 5.41) is 13.7. The summed E-state index contributed by atoms with van der Waals surface area (Å²) >= 11 is 0. The zero-order chi connectivity index (χ0) is 18.2. The standard InChI is InChI=1S/C21H26N2O3/c1-2-25-21-13-16(7-8-20(21)26-12-11-24)14-22-10-9-17-15-23-19-6-4-3-5-18(17)19/h3-8,13,15,22-24H,2,9-12,14H2,1H3. The van der Waals surface area contributed by atoms with Gasteiger partial charge in [-0.2, -0.15) is 0 Å². The van der Waals surface area contributed by atoms with Crippen LogP contribution in [0.15, 0.2) is 48.7 Å². The van der Waals surface area contributed by atoms with Crippen molar-refractivity contribution < 1.29 is 14.6 Å². The van der Waals surface area contributed by atoms with Crippen LogP contribution in [0.2, 0.25) is 0 Å². The van der Waals surface area contributed by atoms with E-state index in [1.807, 2.05) is 31.2 Å². The molecule has 0 fully saturated rings. The minimum atomic E-state index is -0.0112. The lowest BCUT2D eigenvalue weighted by Crippen LogP contribution is -2.16. The molecule has 0 unspecified atom stereocenters. The first-order chi connectivity index (χ1) is 12.8. The Morgan fingerprint density at radius 3 is 2.81 bits per heavy atom. The molecule has 3 rings (SSSR count). The Bertz CT molecular complexity index is 829. The highest BCUT2D eigenvalue weighted by molar-refractivity contribution is 5.83. The molecule has 2 aromatic carbocycles. The van der Waals surface area contributed by atoms with E-state index < -0.39 is 0 Å². The van der Waals surface area contributed by atoms with Gasteiger partial charge in [0.2, 0.25) is 0 Å². The molecule has 0 atom stereocenters. The predicted molar refractivity (Wildman–Crippen MR) is 104 cm³/mol. The van der Waals surface area contributed by atoms with E-state index >= 15 is 0 Å². The van der Waals surface area contributed by atoms with E-state index in [1.54, 1.807) is 0 Å².